The summed E-state index contributed by atoms with van der Waals surface area (Å²) in [4.78, 5) is 9.18. The van der Waals surface area contributed by atoms with E-state index >= 15 is 0 Å². The van der Waals surface area contributed by atoms with Gasteiger partial charge in [-0.1, -0.05) is 29.3 Å². The molecule has 3 nitrogen and oxygen atoms in total. The van der Waals surface area contributed by atoms with Crippen molar-refractivity contribution in [2.45, 2.75) is 6.92 Å². The summed E-state index contributed by atoms with van der Waals surface area (Å²) >= 11 is 20.6. The minimum absolute atomic E-state index is 0.194. The molecule has 0 spiro atoms. The lowest BCUT2D eigenvalue weighted by atomic mass is 10.4. The molecule has 1 aromatic carbocycles. The van der Waals surface area contributed by atoms with Crippen LogP contribution in [0.25, 0.3) is 0 Å². The molecule has 0 saturated heterocycles. The molecule has 0 aromatic heterocycles. The van der Waals surface area contributed by atoms with E-state index in [4.69, 9.17) is 51.0 Å². The molecule has 0 heterocycles. The van der Waals surface area contributed by atoms with Crippen LogP contribution in [0.4, 0.5) is 0 Å². The maximum atomic E-state index is 9.18. The van der Waals surface area contributed by atoms with Crippen molar-refractivity contribution in [2.75, 3.05) is 11.9 Å². The molecule has 0 aliphatic heterocycles. The molecule has 0 radical (unpaired) electrons. The Morgan fingerprint density at radius 2 is 1.60 bits per heavy atom. The SMILES string of the molecule is CCOC=O.ClCCl.Clc1cccc(Cl)c1.[O-][S+](Cl)Cl. The van der Waals surface area contributed by atoms with Crippen molar-refractivity contribution in [3.05, 3.63) is 34.3 Å². The number of ether oxygens (including phenoxy) is 1. The first-order valence-corrected chi connectivity index (χ1v) is 9.30. The Bertz CT molecular complexity index is 297. The molecule has 0 fully saturated rings. The standard InChI is InChI=1S/C6H4Cl2.C3H6O2.CH2Cl2.Cl2OS/c7-5-2-1-3-6(8)4-5;1-2-5-3-4;2-1-3;1-4(2)3/h1-4H;3H,2H2,1H3;1H2;. The fourth-order valence-corrected chi connectivity index (χ4v) is 0.964. The summed E-state index contributed by atoms with van der Waals surface area (Å²) in [5.41, 5.74) is 0. The molecule has 0 atom stereocenters. The molecule has 0 unspecified atom stereocenters. The number of benzene rings is 1. The van der Waals surface area contributed by atoms with Gasteiger partial charge in [0.25, 0.3) is 6.47 Å². The van der Waals surface area contributed by atoms with Crippen molar-refractivity contribution in [3.8, 4) is 0 Å². The summed E-state index contributed by atoms with van der Waals surface area (Å²) in [5.74, 6) is 0. The van der Waals surface area contributed by atoms with Crippen molar-refractivity contribution in [3.63, 3.8) is 0 Å². The molecule has 0 aliphatic rings. The van der Waals surface area contributed by atoms with Crippen molar-refractivity contribution in [2.24, 2.45) is 0 Å². The molecule has 10 heteroatoms. The van der Waals surface area contributed by atoms with Crippen molar-refractivity contribution < 1.29 is 14.1 Å². The van der Waals surface area contributed by atoms with Gasteiger partial charge in [0.15, 0.2) is 31.0 Å². The van der Waals surface area contributed by atoms with E-state index in [0.29, 0.717) is 23.1 Å². The van der Waals surface area contributed by atoms with Gasteiger partial charge in [0.1, 0.15) is 0 Å². The first-order valence-electron chi connectivity index (χ1n) is 4.68. The highest BCUT2D eigenvalue weighted by Crippen LogP contribution is 2.13. The highest BCUT2D eigenvalue weighted by molar-refractivity contribution is 8.31. The third kappa shape index (κ3) is 36.3. The number of alkyl halides is 2. The lowest BCUT2D eigenvalue weighted by molar-refractivity contribution is -0.128. The second-order valence-electron chi connectivity index (χ2n) is 2.28. The van der Waals surface area contributed by atoms with Crippen LogP contribution in [0, 0.1) is 0 Å². The average Bonchev–Trinajstić information content (AvgIpc) is 2.30. The summed E-state index contributed by atoms with van der Waals surface area (Å²) in [7, 11) is 7.36. The molecule has 0 N–H and O–H groups in total. The summed E-state index contributed by atoms with van der Waals surface area (Å²) < 4.78 is 13.2. The van der Waals surface area contributed by atoms with Gasteiger partial charge in [-0.05, 0) is 25.1 Å². The Labute approximate surface area is 150 Å². The smallest absolute Gasteiger partial charge is 0.293 e. The van der Waals surface area contributed by atoms with Crippen LogP contribution in [0.5, 0.6) is 0 Å². The predicted octanol–water partition coefficient (Wildman–Crippen LogP) is 5.64. The van der Waals surface area contributed by atoms with E-state index in [2.05, 4.69) is 26.1 Å². The fraction of sp³-hybridized carbons (Fsp3) is 0.300. The van der Waals surface area contributed by atoms with Gasteiger partial charge in [-0.3, -0.25) is 4.79 Å². The number of carbonyl (C=O) groups is 1. The molecular formula is C10H12Cl6O3S. The van der Waals surface area contributed by atoms with E-state index in [-0.39, 0.29) is 5.34 Å². The first-order chi connectivity index (χ1) is 9.35. The van der Waals surface area contributed by atoms with Gasteiger partial charge in [-0.15, -0.1) is 23.2 Å². The van der Waals surface area contributed by atoms with Crippen LogP contribution in [-0.2, 0) is 19.1 Å². The molecule has 0 amide bonds. The van der Waals surface area contributed by atoms with Crippen LogP contribution in [0.3, 0.4) is 0 Å². The van der Waals surface area contributed by atoms with Crippen LogP contribution in [0.2, 0.25) is 10.0 Å². The highest BCUT2D eigenvalue weighted by atomic mass is 36.0. The van der Waals surface area contributed by atoms with Gasteiger partial charge in [0.2, 0.25) is 0 Å². The van der Waals surface area contributed by atoms with Crippen molar-refractivity contribution >= 4 is 83.8 Å². The Kier molecular flexibility index (Phi) is 28.3. The minimum atomic E-state index is -1.67. The van der Waals surface area contributed by atoms with Crippen molar-refractivity contribution in [1.29, 1.82) is 0 Å². The Balaban J connectivity index is -0.000000211. The van der Waals surface area contributed by atoms with E-state index in [0.717, 1.165) is 0 Å². The molecule has 0 bridgehead atoms. The summed E-state index contributed by atoms with van der Waals surface area (Å²) in [6.07, 6.45) is 0. The number of hydrogen-bond acceptors (Lipinski definition) is 3. The molecule has 0 saturated carbocycles. The summed E-state index contributed by atoms with van der Waals surface area (Å²) in [6.45, 7) is 2.66. The van der Waals surface area contributed by atoms with E-state index in [9.17, 15) is 4.79 Å². The fourth-order valence-electron chi connectivity index (χ4n) is 0.528. The van der Waals surface area contributed by atoms with Crippen LogP contribution in [0.15, 0.2) is 24.3 Å². The molecule has 0 aliphatic carbocycles. The zero-order valence-corrected chi connectivity index (χ0v) is 15.6. The first kappa shape index (κ1) is 25.7. The van der Waals surface area contributed by atoms with Crippen LogP contribution in [0.1, 0.15) is 6.92 Å². The lowest BCUT2D eigenvalue weighted by Gasteiger charge is -1.86. The zero-order valence-electron chi connectivity index (χ0n) is 10.2. The van der Waals surface area contributed by atoms with Gasteiger partial charge >= 0.3 is 0 Å². The van der Waals surface area contributed by atoms with E-state index in [1.165, 1.54) is 0 Å². The van der Waals surface area contributed by atoms with Gasteiger partial charge < -0.3 is 9.29 Å². The maximum Gasteiger partial charge on any atom is 0.293 e. The van der Waals surface area contributed by atoms with Gasteiger partial charge in [0, 0.05) is 10.0 Å². The maximum absolute atomic E-state index is 9.18. The quantitative estimate of drug-likeness (QED) is 0.351. The third-order valence-electron chi connectivity index (χ3n) is 1.02. The van der Waals surface area contributed by atoms with Gasteiger partial charge in [-0.2, -0.15) is 0 Å². The molecule has 1 rings (SSSR count). The lowest BCUT2D eigenvalue weighted by Crippen LogP contribution is -1.80. The summed E-state index contributed by atoms with van der Waals surface area (Å²) in [5, 5.41) is 1.55. The van der Waals surface area contributed by atoms with Crippen LogP contribution < -0.4 is 0 Å². The largest absolute Gasteiger partial charge is 0.582 e. The molecule has 1 aromatic rings. The van der Waals surface area contributed by atoms with E-state index in [1.54, 1.807) is 25.1 Å². The monoisotopic (exact) mass is 422 g/mol. The van der Waals surface area contributed by atoms with Gasteiger partial charge in [0.05, 0.1) is 11.9 Å². The average molecular weight is 425 g/mol. The Morgan fingerprint density at radius 3 is 1.70 bits per heavy atom. The van der Waals surface area contributed by atoms with E-state index < -0.39 is 9.60 Å². The molecular weight excluding hydrogens is 413 g/mol. The minimum Gasteiger partial charge on any atom is -0.582 e. The second-order valence-corrected chi connectivity index (χ2v) is 6.48. The molecule has 20 heavy (non-hydrogen) atoms. The second kappa shape index (κ2) is 22.0. The third-order valence-corrected chi connectivity index (χ3v) is 1.49. The molecule has 118 valence electrons. The Hall–Kier alpha value is 0.740. The number of halogens is 6. The Morgan fingerprint density at radius 1 is 1.25 bits per heavy atom. The normalized spacial score (nSPS) is 8.05. The van der Waals surface area contributed by atoms with Crippen molar-refractivity contribution in [1.82, 2.24) is 0 Å². The number of rotatable bonds is 2. The van der Waals surface area contributed by atoms with Crippen LogP contribution >= 0.6 is 67.8 Å². The predicted molar refractivity (Wildman–Crippen MR) is 90.6 cm³/mol. The summed E-state index contributed by atoms with van der Waals surface area (Å²) in [6, 6.07) is 7.08. The van der Waals surface area contributed by atoms with Crippen LogP contribution in [-0.4, -0.2) is 23.0 Å². The topological polar surface area (TPSA) is 49.4 Å². The van der Waals surface area contributed by atoms with Gasteiger partial charge in [-0.25, -0.2) is 0 Å². The number of carbonyl (C=O) groups excluding carboxylic acids is 1. The highest BCUT2D eigenvalue weighted by Gasteiger charge is 1.85. The number of hydrogen-bond donors (Lipinski definition) is 0. The van der Waals surface area contributed by atoms with E-state index in [1.807, 2.05) is 6.07 Å². The zero-order chi connectivity index (χ0) is 16.4.